The number of rotatable bonds is 8. The molecular formula is C20H23NO6. The van der Waals surface area contributed by atoms with Gasteiger partial charge in [0.25, 0.3) is 0 Å². The first-order chi connectivity index (χ1) is 13.0. The van der Waals surface area contributed by atoms with E-state index in [9.17, 15) is 14.4 Å². The highest BCUT2D eigenvalue weighted by Crippen LogP contribution is 2.23. The van der Waals surface area contributed by atoms with Crippen LogP contribution in [0, 0.1) is 6.92 Å². The molecule has 0 aliphatic rings. The first-order valence-electron chi connectivity index (χ1n) is 8.51. The molecule has 0 atom stereocenters. The Labute approximate surface area is 157 Å². The summed E-state index contributed by atoms with van der Waals surface area (Å²) in [6.45, 7) is 1.88. The molecule has 0 spiro atoms. The number of esters is 3. The molecule has 0 radical (unpaired) electrons. The Balaban J connectivity index is 2.24. The van der Waals surface area contributed by atoms with Gasteiger partial charge in [0.05, 0.1) is 20.6 Å². The quantitative estimate of drug-likeness (QED) is 0.564. The van der Waals surface area contributed by atoms with E-state index in [1.807, 2.05) is 30.3 Å². The highest BCUT2D eigenvalue weighted by Gasteiger charge is 2.24. The number of aromatic nitrogens is 1. The second-order valence-electron chi connectivity index (χ2n) is 5.97. The third-order valence-electron chi connectivity index (χ3n) is 4.20. The molecule has 144 valence electrons. The number of H-pyrrole nitrogens is 1. The van der Waals surface area contributed by atoms with Gasteiger partial charge >= 0.3 is 17.9 Å². The Morgan fingerprint density at radius 2 is 1.63 bits per heavy atom. The van der Waals surface area contributed by atoms with Crippen molar-refractivity contribution in [2.45, 2.75) is 32.8 Å². The van der Waals surface area contributed by atoms with Gasteiger partial charge in [-0.15, -0.1) is 0 Å². The van der Waals surface area contributed by atoms with Crippen LogP contribution in [0.5, 0.6) is 0 Å². The maximum absolute atomic E-state index is 12.6. The smallest absolute Gasteiger partial charge is 0.355 e. The number of benzene rings is 1. The van der Waals surface area contributed by atoms with E-state index in [1.54, 1.807) is 6.92 Å². The molecule has 27 heavy (non-hydrogen) atoms. The summed E-state index contributed by atoms with van der Waals surface area (Å²) in [6.07, 6.45) is 0.335. The van der Waals surface area contributed by atoms with E-state index in [2.05, 4.69) is 9.72 Å². The average Bonchev–Trinajstić information content (AvgIpc) is 3.00. The number of aryl methyl sites for hydroxylation is 1. The van der Waals surface area contributed by atoms with E-state index >= 15 is 0 Å². The Morgan fingerprint density at radius 1 is 0.963 bits per heavy atom. The van der Waals surface area contributed by atoms with Crippen molar-refractivity contribution in [1.82, 2.24) is 4.98 Å². The molecule has 0 amide bonds. The van der Waals surface area contributed by atoms with Crippen molar-refractivity contribution < 1.29 is 28.6 Å². The molecule has 0 fully saturated rings. The Morgan fingerprint density at radius 3 is 2.26 bits per heavy atom. The predicted molar refractivity (Wildman–Crippen MR) is 97.1 cm³/mol. The number of aromatic amines is 1. The molecule has 1 aromatic carbocycles. The fraction of sp³-hybridized carbons (Fsp3) is 0.350. The standard InChI is InChI=1S/C20H23NO6/c1-13-16(11-18(23)26-3)15(9-10-17(22)25-2)19(21-13)20(24)27-12-14-7-5-4-6-8-14/h4-8,21H,9-12H2,1-3H3. The van der Waals surface area contributed by atoms with Gasteiger partial charge < -0.3 is 19.2 Å². The van der Waals surface area contributed by atoms with Gasteiger partial charge in [-0.3, -0.25) is 9.59 Å². The number of hydrogen-bond donors (Lipinski definition) is 1. The number of methoxy groups -OCH3 is 2. The second-order valence-corrected chi connectivity index (χ2v) is 5.97. The molecule has 7 heteroatoms. The van der Waals surface area contributed by atoms with Gasteiger partial charge in [-0.2, -0.15) is 0 Å². The molecule has 0 bridgehead atoms. The molecule has 2 aromatic rings. The second kappa shape index (κ2) is 9.56. The summed E-state index contributed by atoms with van der Waals surface area (Å²) in [4.78, 5) is 38.8. The fourth-order valence-corrected chi connectivity index (χ4v) is 2.75. The molecule has 1 heterocycles. The van der Waals surface area contributed by atoms with E-state index in [-0.39, 0.29) is 31.6 Å². The van der Waals surface area contributed by atoms with Crippen LogP contribution >= 0.6 is 0 Å². The number of carbonyl (C=O) groups is 3. The Hall–Kier alpha value is -3.09. The summed E-state index contributed by atoms with van der Waals surface area (Å²) in [5, 5.41) is 0. The summed E-state index contributed by atoms with van der Waals surface area (Å²) in [7, 11) is 2.60. The number of nitrogens with one attached hydrogen (secondary N) is 1. The van der Waals surface area contributed by atoms with Crippen LogP contribution in [-0.2, 0) is 43.2 Å². The van der Waals surface area contributed by atoms with E-state index in [4.69, 9.17) is 9.47 Å². The Bertz CT molecular complexity index is 809. The molecule has 0 aliphatic carbocycles. The van der Waals surface area contributed by atoms with Crippen molar-refractivity contribution in [3.63, 3.8) is 0 Å². The maximum Gasteiger partial charge on any atom is 0.355 e. The maximum atomic E-state index is 12.6. The topological polar surface area (TPSA) is 94.7 Å². The minimum Gasteiger partial charge on any atom is -0.469 e. The summed E-state index contributed by atoms with van der Waals surface area (Å²) >= 11 is 0. The van der Waals surface area contributed by atoms with Crippen molar-refractivity contribution in [1.29, 1.82) is 0 Å². The molecular weight excluding hydrogens is 350 g/mol. The van der Waals surface area contributed by atoms with Crippen LogP contribution in [0.15, 0.2) is 30.3 Å². The van der Waals surface area contributed by atoms with Gasteiger partial charge in [-0.1, -0.05) is 30.3 Å². The normalized spacial score (nSPS) is 10.3. The van der Waals surface area contributed by atoms with E-state index in [0.29, 0.717) is 16.8 Å². The zero-order valence-electron chi connectivity index (χ0n) is 15.7. The van der Waals surface area contributed by atoms with Crippen molar-refractivity contribution in [3.05, 3.63) is 58.4 Å². The largest absolute Gasteiger partial charge is 0.469 e. The average molecular weight is 373 g/mol. The monoisotopic (exact) mass is 373 g/mol. The minimum atomic E-state index is -0.544. The van der Waals surface area contributed by atoms with Crippen molar-refractivity contribution in [2.24, 2.45) is 0 Å². The summed E-state index contributed by atoms with van der Waals surface area (Å²) < 4.78 is 14.8. The predicted octanol–water partition coefficient (Wildman–Crippen LogP) is 2.50. The first kappa shape index (κ1) is 20.2. The minimum absolute atomic E-state index is 0.00129. The number of hydrogen-bond acceptors (Lipinski definition) is 6. The number of carbonyl (C=O) groups excluding carboxylic acids is 3. The van der Waals surface area contributed by atoms with Crippen LogP contribution in [0.25, 0.3) is 0 Å². The van der Waals surface area contributed by atoms with Gasteiger partial charge in [-0.25, -0.2) is 4.79 Å². The molecule has 1 aromatic heterocycles. The van der Waals surface area contributed by atoms with Crippen LogP contribution in [-0.4, -0.2) is 37.1 Å². The lowest BCUT2D eigenvalue weighted by Crippen LogP contribution is -2.12. The van der Waals surface area contributed by atoms with E-state index in [0.717, 1.165) is 5.56 Å². The highest BCUT2D eigenvalue weighted by molar-refractivity contribution is 5.91. The lowest BCUT2D eigenvalue weighted by molar-refractivity contribution is -0.140. The highest BCUT2D eigenvalue weighted by atomic mass is 16.5. The van der Waals surface area contributed by atoms with E-state index in [1.165, 1.54) is 14.2 Å². The zero-order valence-corrected chi connectivity index (χ0v) is 15.7. The fourth-order valence-electron chi connectivity index (χ4n) is 2.75. The van der Waals surface area contributed by atoms with Crippen molar-refractivity contribution in [3.8, 4) is 0 Å². The van der Waals surface area contributed by atoms with Gasteiger partial charge in [0, 0.05) is 12.1 Å². The van der Waals surface area contributed by atoms with Gasteiger partial charge in [0.15, 0.2) is 0 Å². The van der Waals surface area contributed by atoms with Crippen LogP contribution in [0.1, 0.15) is 39.3 Å². The van der Waals surface area contributed by atoms with Crippen molar-refractivity contribution >= 4 is 17.9 Å². The van der Waals surface area contributed by atoms with Gasteiger partial charge in [0.1, 0.15) is 12.3 Å². The molecule has 0 unspecified atom stereocenters. The molecule has 0 aliphatic heterocycles. The van der Waals surface area contributed by atoms with Gasteiger partial charge in [0.2, 0.25) is 0 Å². The van der Waals surface area contributed by atoms with E-state index < -0.39 is 17.9 Å². The molecule has 0 saturated carbocycles. The van der Waals surface area contributed by atoms with Gasteiger partial charge in [-0.05, 0) is 30.0 Å². The summed E-state index contributed by atoms with van der Waals surface area (Å²) in [6, 6.07) is 9.31. The van der Waals surface area contributed by atoms with Crippen LogP contribution < -0.4 is 0 Å². The molecule has 7 nitrogen and oxygen atoms in total. The lowest BCUT2D eigenvalue weighted by atomic mass is 10.0. The van der Waals surface area contributed by atoms with Crippen LogP contribution in [0.4, 0.5) is 0 Å². The zero-order chi connectivity index (χ0) is 19.8. The lowest BCUT2D eigenvalue weighted by Gasteiger charge is -2.08. The van der Waals surface area contributed by atoms with Crippen LogP contribution in [0.3, 0.4) is 0 Å². The van der Waals surface area contributed by atoms with Crippen molar-refractivity contribution in [2.75, 3.05) is 14.2 Å². The molecule has 2 rings (SSSR count). The summed E-state index contributed by atoms with van der Waals surface area (Å²) in [5.41, 5.74) is 2.97. The first-order valence-corrected chi connectivity index (χ1v) is 8.51. The van der Waals surface area contributed by atoms with Crippen LogP contribution in [0.2, 0.25) is 0 Å². The third kappa shape index (κ3) is 5.44. The summed E-state index contributed by atoms with van der Waals surface area (Å²) in [5.74, 6) is -1.37. The number of ether oxygens (including phenoxy) is 3. The SMILES string of the molecule is COC(=O)CCc1c(C(=O)OCc2ccccc2)[nH]c(C)c1CC(=O)OC. The third-order valence-corrected chi connectivity index (χ3v) is 4.20. The molecule has 0 saturated heterocycles. The Kier molecular flexibility index (Phi) is 7.16. The molecule has 1 N–H and O–H groups in total.